The first-order valence-electron chi connectivity index (χ1n) is 5.94. The maximum Gasteiger partial charge on any atom is 0.323 e. The van der Waals surface area contributed by atoms with Gasteiger partial charge < -0.3 is 10.4 Å². The molecule has 0 radical (unpaired) electrons. The average Bonchev–Trinajstić information content (AvgIpc) is 2.13. The molecular formula is C11H19N3O4. The highest BCUT2D eigenvalue weighted by Gasteiger charge is 2.44. The zero-order valence-electron chi connectivity index (χ0n) is 10.6. The van der Waals surface area contributed by atoms with Crippen LogP contribution < -0.4 is 16.0 Å². The lowest BCUT2D eigenvalue weighted by atomic mass is 9.77. The summed E-state index contributed by atoms with van der Waals surface area (Å²) >= 11 is 0. The van der Waals surface area contributed by atoms with Gasteiger partial charge in [-0.1, -0.05) is 0 Å². The lowest BCUT2D eigenvalue weighted by Gasteiger charge is -2.38. The number of hydrogen-bond acceptors (Lipinski definition) is 4. The van der Waals surface area contributed by atoms with E-state index in [4.69, 9.17) is 5.11 Å². The van der Waals surface area contributed by atoms with Gasteiger partial charge in [0.2, 0.25) is 5.91 Å². The van der Waals surface area contributed by atoms with Gasteiger partial charge in [0.15, 0.2) is 0 Å². The summed E-state index contributed by atoms with van der Waals surface area (Å²) in [4.78, 5) is 33.6. The number of nitrogens with one attached hydrogen (secondary N) is 3. The molecule has 7 heteroatoms. The molecule has 7 nitrogen and oxygen atoms in total. The fourth-order valence-corrected chi connectivity index (χ4v) is 1.72. The lowest BCUT2D eigenvalue weighted by molar-refractivity contribution is -0.148. The van der Waals surface area contributed by atoms with Crippen LogP contribution >= 0.6 is 0 Å². The molecule has 0 aromatic rings. The van der Waals surface area contributed by atoms with Crippen molar-refractivity contribution in [3.63, 3.8) is 0 Å². The number of aliphatic carboxylic acids is 1. The molecule has 3 amide bonds. The van der Waals surface area contributed by atoms with E-state index in [2.05, 4.69) is 16.0 Å². The molecule has 0 heterocycles. The molecule has 0 aromatic heterocycles. The molecule has 0 aromatic carbocycles. The Labute approximate surface area is 105 Å². The summed E-state index contributed by atoms with van der Waals surface area (Å²) in [6.07, 6.45) is 1.84. The van der Waals surface area contributed by atoms with Crippen molar-refractivity contribution >= 4 is 17.9 Å². The van der Waals surface area contributed by atoms with Crippen molar-refractivity contribution in [2.75, 3.05) is 6.54 Å². The maximum absolute atomic E-state index is 11.4. The third kappa shape index (κ3) is 3.69. The third-order valence-electron chi connectivity index (χ3n) is 2.88. The number of hydrogen-bond donors (Lipinski definition) is 4. The predicted octanol–water partition coefficient (Wildman–Crippen LogP) is -0.182. The Hall–Kier alpha value is -1.63. The summed E-state index contributed by atoms with van der Waals surface area (Å²) < 4.78 is 0. The summed E-state index contributed by atoms with van der Waals surface area (Å²) in [5.41, 5.74) is -0.994. The fraction of sp³-hybridized carbons (Fsp3) is 0.727. The van der Waals surface area contributed by atoms with Gasteiger partial charge in [0.05, 0.1) is 6.54 Å². The van der Waals surface area contributed by atoms with E-state index in [1.165, 1.54) is 0 Å². The predicted molar refractivity (Wildman–Crippen MR) is 64.0 cm³/mol. The number of carboxylic acid groups (broad SMARTS) is 1. The molecule has 1 saturated carbocycles. The topological polar surface area (TPSA) is 108 Å². The number of imide groups is 1. The Bertz CT molecular complexity index is 350. The third-order valence-corrected chi connectivity index (χ3v) is 2.88. The number of carbonyl (C=O) groups is 3. The molecule has 102 valence electrons. The van der Waals surface area contributed by atoms with E-state index in [0.29, 0.717) is 12.8 Å². The first-order valence-corrected chi connectivity index (χ1v) is 5.94. The van der Waals surface area contributed by atoms with Gasteiger partial charge in [-0.15, -0.1) is 0 Å². The van der Waals surface area contributed by atoms with Crippen LogP contribution in [-0.4, -0.2) is 41.1 Å². The Morgan fingerprint density at radius 1 is 1.28 bits per heavy atom. The van der Waals surface area contributed by atoms with E-state index in [1.807, 2.05) is 0 Å². The zero-order chi connectivity index (χ0) is 13.8. The van der Waals surface area contributed by atoms with Crippen molar-refractivity contribution in [3.05, 3.63) is 0 Å². The van der Waals surface area contributed by atoms with Gasteiger partial charge in [-0.05, 0) is 33.1 Å². The van der Waals surface area contributed by atoms with E-state index >= 15 is 0 Å². The monoisotopic (exact) mass is 257 g/mol. The lowest BCUT2D eigenvalue weighted by Crippen LogP contribution is -2.59. The minimum atomic E-state index is -0.994. The van der Waals surface area contributed by atoms with Crippen LogP contribution in [0.1, 0.15) is 33.1 Å². The van der Waals surface area contributed by atoms with Crippen molar-refractivity contribution in [3.8, 4) is 0 Å². The van der Waals surface area contributed by atoms with Crippen molar-refractivity contribution in [1.29, 1.82) is 0 Å². The average molecular weight is 257 g/mol. The molecule has 1 aliphatic carbocycles. The van der Waals surface area contributed by atoms with E-state index in [9.17, 15) is 14.4 Å². The molecule has 0 spiro atoms. The maximum atomic E-state index is 11.4. The van der Waals surface area contributed by atoms with E-state index in [0.717, 1.165) is 6.42 Å². The number of urea groups is 1. The number of carbonyl (C=O) groups excluding carboxylic acids is 2. The molecule has 0 bridgehead atoms. The first kappa shape index (κ1) is 14.4. The Balaban J connectivity index is 2.33. The van der Waals surface area contributed by atoms with Gasteiger partial charge in [0.1, 0.15) is 5.54 Å². The summed E-state index contributed by atoms with van der Waals surface area (Å²) in [6.45, 7) is 3.37. The smallest absolute Gasteiger partial charge is 0.323 e. The molecular weight excluding hydrogens is 238 g/mol. The van der Waals surface area contributed by atoms with Gasteiger partial charge in [0.25, 0.3) is 0 Å². The highest BCUT2D eigenvalue weighted by atomic mass is 16.4. The molecule has 1 aliphatic rings. The Kier molecular flexibility index (Phi) is 4.66. The van der Waals surface area contributed by atoms with Gasteiger partial charge in [0, 0.05) is 6.04 Å². The second-order valence-corrected chi connectivity index (χ2v) is 4.77. The SMILES string of the molecule is CC(C)NC(=O)NC(=O)CNC1(C(=O)O)CCC1. The van der Waals surface area contributed by atoms with Crippen LogP contribution in [0.5, 0.6) is 0 Å². The minimum absolute atomic E-state index is 0.0669. The summed E-state index contributed by atoms with van der Waals surface area (Å²) in [7, 11) is 0. The molecule has 4 N–H and O–H groups in total. The minimum Gasteiger partial charge on any atom is -0.480 e. The molecule has 1 rings (SSSR count). The largest absolute Gasteiger partial charge is 0.480 e. The quantitative estimate of drug-likeness (QED) is 0.546. The van der Waals surface area contributed by atoms with Crippen LogP contribution in [0.3, 0.4) is 0 Å². The van der Waals surface area contributed by atoms with Crippen molar-refractivity contribution in [2.45, 2.75) is 44.7 Å². The van der Waals surface area contributed by atoms with Crippen molar-refractivity contribution in [2.24, 2.45) is 0 Å². The highest BCUT2D eigenvalue weighted by molar-refractivity contribution is 5.95. The van der Waals surface area contributed by atoms with Crippen LogP contribution in [0.15, 0.2) is 0 Å². The van der Waals surface area contributed by atoms with Crippen molar-refractivity contribution in [1.82, 2.24) is 16.0 Å². The second-order valence-electron chi connectivity index (χ2n) is 4.77. The van der Waals surface area contributed by atoms with Crippen molar-refractivity contribution < 1.29 is 19.5 Å². The molecule has 0 saturated heterocycles. The van der Waals surface area contributed by atoms with Crippen LogP contribution in [0, 0.1) is 0 Å². The number of rotatable bonds is 5. The Morgan fingerprint density at radius 2 is 1.89 bits per heavy atom. The van der Waals surface area contributed by atoms with Gasteiger partial charge in [-0.3, -0.25) is 20.2 Å². The van der Waals surface area contributed by atoms with Gasteiger partial charge in [-0.2, -0.15) is 0 Å². The number of amides is 3. The zero-order valence-corrected chi connectivity index (χ0v) is 10.6. The standard InChI is InChI=1S/C11H19N3O4/c1-7(2)13-10(18)14-8(15)6-12-11(9(16)17)4-3-5-11/h7,12H,3-6H2,1-2H3,(H,16,17)(H2,13,14,15,18). The summed E-state index contributed by atoms with van der Waals surface area (Å²) in [5, 5.41) is 16.4. The fourth-order valence-electron chi connectivity index (χ4n) is 1.72. The molecule has 0 aliphatic heterocycles. The van der Waals surface area contributed by atoms with Crippen LogP contribution in [0.4, 0.5) is 4.79 Å². The highest BCUT2D eigenvalue weighted by Crippen LogP contribution is 2.31. The second kappa shape index (κ2) is 5.81. The van der Waals surface area contributed by atoms with E-state index in [-0.39, 0.29) is 12.6 Å². The Morgan fingerprint density at radius 3 is 2.28 bits per heavy atom. The normalized spacial score (nSPS) is 16.8. The molecule has 1 fully saturated rings. The molecule has 0 atom stereocenters. The molecule has 0 unspecified atom stereocenters. The van der Waals surface area contributed by atoms with Gasteiger partial charge in [-0.25, -0.2) is 4.79 Å². The summed E-state index contributed by atoms with van der Waals surface area (Å²) in [6, 6.07) is -0.641. The van der Waals surface area contributed by atoms with Crippen LogP contribution in [0.25, 0.3) is 0 Å². The summed E-state index contributed by atoms with van der Waals surface area (Å²) in [5.74, 6) is -1.49. The van der Waals surface area contributed by atoms with Crippen LogP contribution in [0.2, 0.25) is 0 Å². The van der Waals surface area contributed by atoms with E-state index in [1.54, 1.807) is 13.8 Å². The van der Waals surface area contributed by atoms with E-state index < -0.39 is 23.4 Å². The van der Waals surface area contributed by atoms with Crippen LogP contribution in [-0.2, 0) is 9.59 Å². The van der Waals surface area contributed by atoms with Gasteiger partial charge >= 0.3 is 12.0 Å². The first-order chi connectivity index (χ1) is 8.35. The number of carboxylic acids is 1. The molecule has 18 heavy (non-hydrogen) atoms.